The Morgan fingerprint density at radius 1 is 1.12 bits per heavy atom. The lowest BCUT2D eigenvalue weighted by molar-refractivity contribution is -0.0435. The summed E-state index contributed by atoms with van der Waals surface area (Å²) in [5.74, 6) is -0.299. The van der Waals surface area contributed by atoms with Gasteiger partial charge >= 0.3 is 5.51 Å². The summed E-state index contributed by atoms with van der Waals surface area (Å²) in [5, 5.41) is 0. The number of rotatable bonds is 6. The standard InChI is InChI=1S/C7H9F3O5S2/c1-2-4-15-17(13,14)6-3-5-16(11,12)7(8,9)10/h1H,3-6H2. The second-order valence-corrected chi connectivity index (χ2v) is 6.71. The fraction of sp³-hybridized carbons (Fsp3) is 0.714. The van der Waals surface area contributed by atoms with E-state index in [0.717, 1.165) is 0 Å². The normalized spacial score (nSPS) is 13.3. The molecule has 0 radical (unpaired) electrons. The third-order valence-electron chi connectivity index (χ3n) is 1.48. The quantitative estimate of drug-likeness (QED) is 0.520. The van der Waals surface area contributed by atoms with Crippen molar-refractivity contribution in [1.29, 1.82) is 0 Å². The molecule has 0 spiro atoms. The van der Waals surface area contributed by atoms with E-state index in [0.29, 0.717) is 0 Å². The maximum absolute atomic E-state index is 11.9. The minimum atomic E-state index is -5.38. The topological polar surface area (TPSA) is 77.5 Å². The van der Waals surface area contributed by atoms with Gasteiger partial charge < -0.3 is 0 Å². The Labute approximate surface area is 97.0 Å². The van der Waals surface area contributed by atoms with Crippen LogP contribution in [0.3, 0.4) is 0 Å². The Morgan fingerprint density at radius 3 is 2.06 bits per heavy atom. The molecule has 0 aliphatic carbocycles. The summed E-state index contributed by atoms with van der Waals surface area (Å²) >= 11 is 0. The first kappa shape index (κ1) is 16.2. The average molecular weight is 294 g/mol. The molecule has 5 nitrogen and oxygen atoms in total. The first-order valence-corrected chi connectivity index (χ1v) is 7.34. The van der Waals surface area contributed by atoms with Gasteiger partial charge in [-0.25, -0.2) is 8.42 Å². The third kappa shape index (κ3) is 5.90. The van der Waals surface area contributed by atoms with Crippen molar-refractivity contribution in [3.63, 3.8) is 0 Å². The Hall–Kier alpha value is -0.790. The zero-order valence-corrected chi connectivity index (χ0v) is 10.0. The van der Waals surface area contributed by atoms with Crippen molar-refractivity contribution in [1.82, 2.24) is 0 Å². The van der Waals surface area contributed by atoms with Crippen molar-refractivity contribution in [2.45, 2.75) is 11.9 Å². The molecule has 0 N–H and O–H groups in total. The Morgan fingerprint density at radius 2 is 1.65 bits per heavy atom. The summed E-state index contributed by atoms with van der Waals surface area (Å²) in [7, 11) is -9.39. The number of hydrogen-bond donors (Lipinski definition) is 0. The van der Waals surface area contributed by atoms with Gasteiger partial charge in [-0.1, -0.05) is 5.92 Å². The maximum Gasteiger partial charge on any atom is 0.497 e. The van der Waals surface area contributed by atoms with Crippen molar-refractivity contribution in [2.75, 3.05) is 18.1 Å². The van der Waals surface area contributed by atoms with Crippen LogP contribution in [0.2, 0.25) is 0 Å². The van der Waals surface area contributed by atoms with Gasteiger partial charge in [-0.2, -0.15) is 21.6 Å². The van der Waals surface area contributed by atoms with Gasteiger partial charge in [-0.3, -0.25) is 4.18 Å². The van der Waals surface area contributed by atoms with Crippen molar-refractivity contribution in [3.8, 4) is 12.3 Å². The van der Waals surface area contributed by atoms with Crippen LogP contribution in [-0.4, -0.2) is 40.5 Å². The molecule has 0 aromatic heterocycles. The van der Waals surface area contributed by atoms with Gasteiger partial charge in [0.25, 0.3) is 10.1 Å². The summed E-state index contributed by atoms with van der Waals surface area (Å²) in [6.45, 7) is -0.547. The Kier molecular flexibility index (Phi) is 5.44. The molecule has 0 aromatic carbocycles. The molecular weight excluding hydrogens is 285 g/mol. The van der Waals surface area contributed by atoms with Crippen LogP contribution in [0.1, 0.15) is 6.42 Å². The molecule has 17 heavy (non-hydrogen) atoms. The van der Waals surface area contributed by atoms with E-state index < -0.39 is 50.0 Å². The van der Waals surface area contributed by atoms with Crippen LogP contribution in [0.5, 0.6) is 0 Å². The third-order valence-corrected chi connectivity index (χ3v) is 4.28. The predicted octanol–water partition coefficient (Wildman–Crippen LogP) is 0.291. The molecule has 0 rings (SSSR count). The molecule has 0 aliphatic rings. The average Bonchev–Trinajstić information content (AvgIpc) is 2.12. The highest BCUT2D eigenvalue weighted by Gasteiger charge is 2.44. The van der Waals surface area contributed by atoms with Gasteiger partial charge in [0.2, 0.25) is 9.84 Å². The van der Waals surface area contributed by atoms with Crippen molar-refractivity contribution in [2.24, 2.45) is 0 Å². The van der Waals surface area contributed by atoms with Crippen LogP contribution < -0.4 is 0 Å². The van der Waals surface area contributed by atoms with Crippen LogP contribution in [0.4, 0.5) is 13.2 Å². The van der Waals surface area contributed by atoms with Gasteiger partial charge in [0.15, 0.2) is 0 Å². The Bertz CT molecular complexity index is 483. The van der Waals surface area contributed by atoms with Crippen LogP contribution in [0.25, 0.3) is 0 Å². The molecule has 0 saturated heterocycles. The number of terminal acetylenes is 1. The van der Waals surface area contributed by atoms with E-state index in [1.165, 1.54) is 0 Å². The SMILES string of the molecule is C#CCOS(=O)(=O)CCCS(=O)(=O)C(F)(F)F. The van der Waals surface area contributed by atoms with Crippen LogP contribution in [-0.2, 0) is 24.1 Å². The van der Waals surface area contributed by atoms with E-state index in [1.807, 2.05) is 5.92 Å². The van der Waals surface area contributed by atoms with Gasteiger partial charge in [-0.15, -0.1) is 6.42 Å². The van der Waals surface area contributed by atoms with E-state index in [2.05, 4.69) is 4.18 Å². The summed E-state index contributed by atoms with van der Waals surface area (Å²) in [5.41, 5.74) is -5.38. The molecule has 0 fully saturated rings. The van der Waals surface area contributed by atoms with E-state index in [9.17, 15) is 30.0 Å². The van der Waals surface area contributed by atoms with Gasteiger partial charge in [0.05, 0.1) is 11.5 Å². The minimum absolute atomic E-state index is 0.547. The molecular formula is C7H9F3O5S2. The lowest BCUT2D eigenvalue weighted by atomic mass is 10.6. The summed E-state index contributed by atoms with van der Waals surface area (Å²) in [4.78, 5) is 0. The fourth-order valence-electron chi connectivity index (χ4n) is 0.724. The number of hydrogen-bond acceptors (Lipinski definition) is 5. The molecule has 0 amide bonds. The number of halogens is 3. The highest BCUT2D eigenvalue weighted by molar-refractivity contribution is 7.92. The first-order chi connectivity index (χ1) is 7.52. The molecule has 0 aliphatic heterocycles. The summed E-state index contributed by atoms with van der Waals surface area (Å²) in [6.07, 6.45) is 3.99. The number of alkyl halides is 3. The molecule has 100 valence electrons. The summed E-state index contributed by atoms with van der Waals surface area (Å²) in [6, 6.07) is 0. The Balaban J connectivity index is 4.32. The first-order valence-electron chi connectivity index (χ1n) is 4.11. The second kappa shape index (κ2) is 5.70. The van der Waals surface area contributed by atoms with E-state index in [-0.39, 0.29) is 0 Å². The van der Waals surface area contributed by atoms with Crippen molar-refractivity contribution < 1.29 is 34.2 Å². The molecule has 0 unspecified atom stereocenters. The van der Waals surface area contributed by atoms with Gasteiger partial charge in [0.1, 0.15) is 6.61 Å². The van der Waals surface area contributed by atoms with E-state index in [4.69, 9.17) is 6.42 Å². The van der Waals surface area contributed by atoms with E-state index in [1.54, 1.807) is 0 Å². The fourth-order valence-corrected chi connectivity index (χ4v) is 2.53. The van der Waals surface area contributed by atoms with Gasteiger partial charge in [0, 0.05) is 0 Å². The smallest absolute Gasteiger partial charge is 0.257 e. The van der Waals surface area contributed by atoms with Crippen molar-refractivity contribution >= 4 is 20.0 Å². The molecule has 0 saturated carbocycles. The molecule has 0 atom stereocenters. The van der Waals surface area contributed by atoms with Crippen LogP contribution >= 0.6 is 0 Å². The van der Waals surface area contributed by atoms with Crippen molar-refractivity contribution in [3.05, 3.63) is 0 Å². The molecule has 0 aromatic rings. The highest BCUT2D eigenvalue weighted by atomic mass is 32.2. The van der Waals surface area contributed by atoms with Crippen LogP contribution in [0, 0.1) is 12.3 Å². The zero-order valence-electron chi connectivity index (χ0n) is 8.40. The molecule has 10 heteroatoms. The second-order valence-electron chi connectivity index (χ2n) is 2.85. The highest BCUT2D eigenvalue weighted by Crippen LogP contribution is 2.24. The van der Waals surface area contributed by atoms with Crippen LogP contribution in [0.15, 0.2) is 0 Å². The largest absolute Gasteiger partial charge is 0.497 e. The lowest BCUT2D eigenvalue weighted by Gasteiger charge is -2.07. The predicted molar refractivity (Wildman–Crippen MR) is 53.0 cm³/mol. The number of sulfone groups is 1. The monoisotopic (exact) mass is 294 g/mol. The zero-order chi connectivity index (χ0) is 13.7. The van der Waals surface area contributed by atoms with Gasteiger partial charge in [-0.05, 0) is 6.42 Å². The lowest BCUT2D eigenvalue weighted by Crippen LogP contribution is -2.27. The maximum atomic E-state index is 11.9. The molecule has 0 heterocycles. The van der Waals surface area contributed by atoms with E-state index >= 15 is 0 Å². The minimum Gasteiger partial charge on any atom is -0.257 e. The summed E-state index contributed by atoms with van der Waals surface area (Å²) < 4.78 is 82.7. The molecule has 0 bridgehead atoms.